The van der Waals surface area contributed by atoms with Gasteiger partial charge in [-0.3, -0.25) is 0 Å². The van der Waals surface area contributed by atoms with Crippen molar-refractivity contribution in [2.45, 2.75) is 13.2 Å². The summed E-state index contributed by atoms with van der Waals surface area (Å²) in [5.74, 6) is 0.840. The fourth-order valence-electron chi connectivity index (χ4n) is 2.89. The molecule has 0 amide bonds. The van der Waals surface area contributed by atoms with Crippen molar-refractivity contribution in [1.82, 2.24) is 9.55 Å². The second-order valence-corrected chi connectivity index (χ2v) is 6.73. The Balaban J connectivity index is 1.65. The summed E-state index contributed by atoms with van der Waals surface area (Å²) in [5.41, 5.74) is 3.30. The van der Waals surface area contributed by atoms with Gasteiger partial charge in [0.15, 0.2) is 0 Å². The van der Waals surface area contributed by atoms with Crippen LogP contribution in [-0.2, 0) is 13.2 Å². The monoisotopic (exact) mass is 392 g/mol. The molecule has 0 fully saturated rings. The lowest BCUT2D eigenvalue weighted by Crippen LogP contribution is -2.00. The van der Waals surface area contributed by atoms with Gasteiger partial charge in [-0.2, -0.15) is 0 Å². The maximum absolute atomic E-state index is 6.07. The zero-order chi connectivity index (χ0) is 17.1. The topological polar surface area (TPSA) is 27.1 Å². The number of halogens is 1. The number of aromatic nitrogens is 2. The Bertz CT molecular complexity index is 981. The summed E-state index contributed by atoms with van der Waals surface area (Å²) in [6, 6.07) is 22.5. The first-order valence-electron chi connectivity index (χ1n) is 8.15. The summed E-state index contributed by atoms with van der Waals surface area (Å²) in [4.78, 5) is 4.57. The molecule has 3 nitrogen and oxygen atoms in total. The molecule has 25 heavy (non-hydrogen) atoms. The minimum atomic E-state index is 0.538. The molecule has 0 aliphatic rings. The second kappa shape index (κ2) is 7.11. The largest absolute Gasteiger partial charge is 0.488 e. The van der Waals surface area contributed by atoms with Crippen molar-refractivity contribution in [3.63, 3.8) is 0 Å². The average Bonchev–Trinajstić information content (AvgIpc) is 2.98. The second-order valence-electron chi connectivity index (χ2n) is 5.87. The quantitative estimate of drug-likeness (QED) is 0.452. The van der Waals surface area contributed by atoms with Crippen molar-refractivity contribution in [2.24, 2.45) is 0 Å². The van der Waals surface area contributed by atoms with E-state index in [0.29, 0.717) is 6.61 Å². The molecule has 2 heterocycles. The van der Waals surface area contributed by atoms with Crippen LogP contribution in [0.25, 0.3) is 11.0 Å². The lowest BCUT2D eigenvalue weighted by molar-refractivity contribution is 0.310. The number of hydrogen-bond acceptors (Lipinski definition) is 2. The summed E-state index contributed by atoms with van der Waals surface area (Å²) in [6.45, 7) is 1.31. The lowest BCUT2D eigenvalue weighted by atomic mass is 10.2. The molecule has 0 spiro atoms. The molecule has 2 aromatic heterocycles. The molecule has 0 saturated heterocycles. The van der Waals surface area contributed by atoms with Crippen molar-refractivity contribution in [3.05, 3.63) is 94.7 Å². The minimum Gasteiger partial charge on any atom is -0.488 e. The first-order chi connectivity index (χ1) is 12.3. The van der Waals surface area contributed by atoms with E-state index in [-0.39, 0.29) is 0 Å². The molecule has 0 N–H and O–H groups in total. The van der Waals surface area contributed by atoms with E-state index in [2.05, 4.69) is 68.1 Å². The number of ether oxygens (including phenoxy) is 1. The van der Waals surface area contributed by atoms with E-state index >= 15 is 0 Å². The number of pyridine rings is 1. The number of benzene rings is 2. The number of rotatable bonds is 5. The summed E-state index contributed by atoms with van der Waals surface area (Å²) in [6.07, 6.45) is 3.87. The summed E-state index contributed by atoms with van der Waals surface area (Å²) < 4.78 is 9.20. The molecule has 4 heteroatoms. The molecule has 0 saturated carbocycles. The van der Waals surface area contributed by atoms with Crippen LogP contribution in [0.1, 0.15) is 11.1 Å². The molecule has 0 atom stereocenters. The normalized spacial score (nSPS) is 10.9. The Morgan fingerprint density at radius 3 is 2.28 bits per heavy atom. The third-order valence-electron chi connectivity index (χ3n) is 4.11. The number of fused-ring (bicyclic) bond motifs is 1. The highest BCUT2D eigenvalue weighted by atomic mass is 79.9. The molecular weight excluding hydrogens is 376 g/mol. The van der Waals surface area contributed by atoms with Gasteiger partial charge < -0.3 is 9.30 Å². The average molecular weight is 393 g/mol. The van der Waals surface area contributed by atoms with Crippen LogP contribution in [-0.4, -0.2) is 9.55 Å². The smallest absolute Gasteiger partial charge is 0.145 e. The summed E-state index contributed by atoms with van der Waals surface area (Å²) >= 11 is 3.67. The van der Waals surface area contributed by atoms with E-state index in [1.807, 2.05) is 30.3 Å². The third kappa shape index (κ3) is 3.44. The Labute approximate surface area is 155 Å². The molecule has 0 unspecified atom stereocenters. The van der Waals surface area contributed by atoms with Crippen molar-refractivity contribution in [3.8, 4) is 5.75 Å². The van der Waals surface area contributed by atoms with Crippen LogP contribution in [0.15, 0.2) is 83.6 Å². The zero-order valence-electron chi connectivity index (χ0n) is 13.6. The molecule has 0 aliphatic carbocycles. The van der Waals surface area contributed by atoms with Crippen molar-refractivity contribution < 1.29 is 4.74 Å². The van der Waals surface area contributed by atoms with E-state index < -0.39 is 0 Å². The standard InChI is InChI=1S/C21H17BrN2O/c22-18-14-24(13-16-7-3-1-4-8-16)21-20(18)19(11-12-23-21)25-15-17-9-5-2-6-10-17/h1-12,14H,13,15H2. The van der Waals surface area contributed by atoms with Crippen LogP contribution in [0.4, 0.5) is 0 Å². The van der Waals surface area contributed by atoms with E-state index in [4.69, 9.17) is 4.74 Å². The van der Waals surface area contributed by atoms with Crippen molar-refractivity contribution in [2.75, 3.05) is 0 Å². The predicted molar refractivity (Wildman–Crippen MR) is 104 cm³/mol. The van der Waals surface area contributed by atoms with Crippen LogP contribution in [0.3, 0.4) is 0 Å². The first kappa shape index (κ1) is 15.9. The maximum Gasteiger partial charge on any atom is 0.145 e. The van der Waals surface area contributed by atoms with E-state index in [0.717, 1.165) is 33.4 Å². The van der Waals surface area contributed by atoms with Gasteiger partial charge in [-0.25, -0.2) is 4.98 Å². The molecule has 2 aromatic carbocycles. The van der Waals surface area contributed by atoms with Crippen molar-refractivity contribution in [1.29, 1.82) is 0 Å². The highest BCUT2D eigenvalue weighted by Crippen LogP contribution is 2.33. The van der Waals surface area contributed by atoms with Gasteiger partial charge in [0.1, 0.15) is 18.0 Å². The van der Waals surface area contributed by atoms with Crippen molar-refractivity contribution >= 4 is 27.0 Å². The van der Waals surface area contributed by atoms with Gasteiger partial charge in [-0.05, 0) is 33.1 Å². The lowest BCUT2D eigenvalue weighted by Gasteiger charge is -2.09. The van der Waals surface area contributed by atoms with Gasteiger partial charge in [-0.15, -0.1) is 0 Å². The SMILES string of the molecule is Brc1cn(Cc2ccccc2)c2nccc(OCc3ccccc3)c12. The highest BCUT2D eigenvalue weighted by Gasteiger charge is 2.13. The van der Waals surface area contributed by atoms with Crippen LogP contribution in [0.5, 0.6) is 5.75 Å². The number of nitrogens with zero attached hydrogens (tertiary/aromatic N) is 2. The Morgan fingerprint density at radius 2 is 1.56 bits per heavy atom. The van der Waals surface area contributed by atoms with E-state index in [9.17, 15) is 0 Å². The van der Waals surface area contributed by atoms with Gasteiger partial charge in [0.2, 0.25) is 0 Å². The fourth-order valence-corrected chi connectivity index (χ4v) is 3.51. The van der Waals surface area contributed by atoms with Gasteiger partial charge in [-0.1, -0.05) is 60.7 Å². The fraction of sp³-hybridized carbons (Fsp3) is 0.0952. The summed E-state index contributed by atoms with van der Waals surface area (Å²) in [5, 5.41) is 1.01. The van der Waals surface area contributed by atoms with Gasteiger partial charge in [0.05, 0.1) is 5.39 Å². The van der Waals surface area contributed by atoms with E-state index in [1.54, 1.807) is 6.20 Å². The van der Waals surface area contributed by atoms with Gasteiger partial charge in [0.25, 0.3) is 0 Å². The minimum absolute atomic E-state index is 0.538. The molecule has 4 rings (SSSR count). The first-order valence-corrected chi connectivity index (χ1v) is 8.94. The van der Waals surface area contributed by atoms with E-state index in [1.165, 1.54) is 5.56 Å². The Hall–Kier alpha value is -2.59. The molecule has 124 valence electrons. The zero-order valence-corrected chi connectivity index (χ0v) is 15.2. The third-order valence-corrected chi connectivity index (χ3v) is 4.71. The molecule has 0 radical (unpaired) electrons. The predicted octanol–water partition coefficient (Wildman–Crippen LogP) is 5.43. The molecule has 0 aliphatic heterocycles. The van der Waals surface area contributed by atoms with Crippen LogP contribution >= 0.6 is 15.9 Å². The Morgan fingerprint density at radius 1 is 0.880 bits per heavy atom. The number of hydrogen-bond donors (Lipinski definition) is 0. The van der Waals surface area contributed by atoms with Crippen LogP contribution < -0.4 is 4.74 Å². The molecule has 0 bridgehead atoms. The van der Waals surface area contributed by atoms with Gasteiger partial charge >= 0.3 is 0 Å². The molecule has 4 aromatic rings. The Kier molecular flexibility index (Phi) is 4.53. The highest BCUT2D eigenvalue weighted by molar-refractivity contribution is 9.10. The van der Waals surface area contributed by atoms with Crippen LogP contribution in [0, 0.1) is 0 Å². The molecular formula is C21H17BrN2O. The maximum atomic E-state index is 6.07. The summed E-state index contributed by atoms with van der Waals surface area (Å²) in [7, 11) is 0. The van der Waals surface area contributed by atoms with Gasteiger partial charge in [0, 0.05) is 23.4 Å². The van der Waals surface area contributed by atoms with Crippen LogP contribution in [0.2, 0.25) is 0 Å².